The molecule has 1 N–H and O–H groups in total. The molecule has 0 radical (unpaired) electrons. The first kappa shape index (κ1) is 14.8. The zero-order valence-corrected chi connectivity index (χ0v) is 13.3. The van der Waals surface area contributed by atoms with Crippen molar-refractivity contribution in [1.82, 2.24) is 9.88 Å². The number of fused-ring (bicyclic) bond motifs is 2. The summed E-state index contributed by atoms with van der Waals surface area (Å²) in [7, 11) is 1.38. The number of likely N-dealkylation sites (tertiary alicyclic amines) is 1. The third kappa shape index (κ3) is 1.94. The van der Waals surface area contributed by atoms with Gasteiger partial charge in [0.2, 0.25) is 0 Å². The van der Waals surface area contributed by atoms with Crippen molar-refractivity contribution in [1.29, 1.82) is 5.26 Å². The van der Waals surface area contributed by atoms with Gasteiger partial charge in [-0.2, -0.15) is 5.26 Å². The number of aromatic nitrogens is 1. The molecule has 3 atom stereocenters. The second-order valence-electron chi connectivity index (χ2n) is 6.49. The lowest BCUT2D eigenvalue weighted by Crippen LogP contribution is -2.49. The summed E-state index contributed by atoms with van der Waals surface area (Å²) < 4.78 is 4.90. The molecule has 1 saturated heterocycles. The van der Waals surface area contributed by atoms with E-state index in [0.29, 0.717) is 25.1 Å². The van der Waals surface area contributed by atoms with Crippen LogP contribution in [0.3, 0.4) is 0 Å². The Bertz CT molecular complexity index is 879. The molecule has 1 aliphatic heterocycles. The van der Waals surface area contributed by atoms with Gasteiger partial charge in [-0.1, -0.05) is 12.1 Å². The number of methoxy groups -OCH3 is 1. The zero-order chi connectivity index (χ0) is 16.8. The number of esters is 1. The number of nitriles is 1. The third-order valence-corrected chi connectivity index (χ3v) is 5.41. The lowest BCUT2D eigenvalue weighted by molar-refractivity contribution is -0.147. The van der Waals surface area contributed by atoms with E-state index in [-0.39, 0.29) is 23.8 Å². The van der Waals surface area contributed by atoms with E-state index >= 15 is 0 Å². The molecule has 4 rings (SSSR count). The van der Waals surface area contributed by atoms with Gasteiger partial charge in [0.1, 0.15) is 0 Å². The van der Waals surface area contributed by atoms with Crippen molar-refractivity contribution in [3.63, 3.8) is 0 Å². The molecule has 0 bridgehead atoms. The number of H-pyrrole nitrogens is 1. The average molecular weight is 323 g/mol. The van der Waals surface area contributed by atoms with Gasteiger partial charge >= 0.3 is 5.97 Å². The highest BCUT2D eigenvalue weighted by atomic mass is 16.5. The molecular weight excluding hydrogens is 306 g/mol. The summed E-state index contributed by atoms with van der Waals surface area (Å²) in [6, 6.07) is 5.93. The van der Waals surface area contributed by atoms with Gasteiger partial charge in [-0.3, -0.25) is 9.59 Å². The normalized spacial score (nSPS) is 25.0. The van der Waals surface area contributed by atoms with Gasteiger partial charge in [-0.05, 0) is 30.0 Å². The van der Waals surface area contributed by atoms with E-state index in [1.807, 2.05) is 18.2 Å². The van der Waals surface area contributed by atoms with E-state index in [9.17, 15) is 14.9 Å². The molecule has 2 aromatic rings. The molecule has 1 aromatic carbocycles. The van der Waals surface area contributed by atoms with Crippen LogP contribution >= 0.6 is 0 Å². The van der Waals surface area contributed by atoms with Gasteiger partial charge in [0.05, 0.1) is 24.8 Å². The third-order valence-electron chi connectivity index (χ3n) is 5.41. The fourth-order valence-corrected chi connectivity index (χ4v) is 4.36. The molecule has 1 aliphatic carbocycles. The van der Waals surface area contributed by atoms with Crippen LogP contribution in [0.2, 0.25) is 0 Å². The van der Waals surface area contributed by atoms with E-state index in [2.05, 4.69) is 11.2 Å². The molecule has 1 aromatic heterocycles. The molecule has 0 spiro atoms. The Morgan fingerprint density at radius 3 is 3.04 bits per heavy atom. The average Bonchev–Trinajstić information content (AvgIpc) is 2.99. The van der Waals surface area contributed by atoms with Gasteiger partial charge in [0, 0.05) is 23.4 Å². The van der Waals surface area contributed by atoms with E-state index in [4.69, 9.17) is 4.74 Å². The molecule has 1 fully saturated rings. The molecule has 122 valence electrons. The largest absolute Gasteiger partial charge is 0.469 e. The molecule has 6 heteroatoms. The van der Waals surface area contributed by atoms with Gasteiger partial charge in [-0.25, -0.2) is 0 Å². The van der Waals surface area contributed by atoms with Crippen LogP contribution < -0.4 is 0 Å². The van der Waals surface area contributed by atoms with Crippen molar-refractivity contribution in [3.05, 3.63) is 35.0 Å². The van der Waals surface area contributed by atoms with Crippen LogP contribution in [0, 0.1) is 17.4 Å². The number of rotatable bonds is 2. The maximum absolute atomic E-state index is 12.0. The second-order valence-corrected chi connectivity index (χ2v) is 6.49. The Morgan fingerprint density at radius 2 is 2.33 bits per heavy atom. The first-order valence-electron chi connectivity index (χ1n) is 8.00. The minimum atomic E-state index is -0.308. The summed E-state index contributed by atoms with van der Waals surface area (Å²) in [6.07, 6.45) is 4.37. The van der Waals surface area contributed by atoms with Crippen LogP contribution in [-0.2, 0) is 16.0 Å². The minimum absolute atomic E-state index is 0.0245. The molecule has 2 aliphatic rings. The lowest BCUT2D eigenvalue weighted by atomic mass is 9.72. The first-order chi connectivity index (χ1) is 11.7. The summed E-state index contributed by atoms with van der Waals surface area (Å²) in [6.45, 7) is 0.372. The Morgan fingerprint density at radius 1 is 1.50 bits per heavy atom. The van der Waals surface area contributed by atoms with Crippen molar-refractivity contribution in [3.8, 4) is 6.19 Å². The summed E-state index contributed by atoms with van der Waals surface area (Å²) in [5.41, 5.74) is 3.61. The predicted molar refractivity (Wildman–Crippen MR) is 86.4 cm³/mol. The number of hydrogen-bond donors (Lipinski definition) is 1. The maximum Gasteiger partial charge on any atom is 0.310 e. The highest BCUT2D eigenvalue weighted by molar-refractivity contribution is 5.95. The van der Waals surface area contributed by atoms with Crippen LogP contribution in [0.15, 0.2) is 18.2 Å². The summed E-state index contributed by atoms with van der Waals surface area (Å²) in [5.74, 6) is -0.500. The molecule has 2 heterocycles. The molecule has 24 heavy (non-hydrogen) atoms. The fraction of sp³-hybridized carbons (Fsp3) is 0.389. The van der Waals surface area contributed by atoms with E-state index in [1.54, 1.807) is 4.90 Å². The van der Waals surface area contributed by atoms with Crippen LogP contribution in [-0.4, -0.2) is 41.8 Å². The minimum Gasteiger partial charge on any atom is -0.469 e. The molecular formula is C18H17N3O3. The van der Waals surface area contributed by atoms with Gasteiger partial charge in [0.15, 0.2) is 12.5 Å². The number of aromatic amines is 1. The monoisotopic (exact) mass is 323 g/mol. The van der Waals surface area contributed by atoms with Gasteiger partial charge in [-0.15, -0.1) is 0 Å². The van der Waals surface area contributed by atoms with Gasteiger partial charge in [0.25, 0.3) is 0 Å². The Kier molecular flexibility index (Phi) is 3.31. The molecule has 6 nitrogen and oxygen atoms in total. The smallest absolute Gasteiger partial charge is 0.310 e. The number of ether oxygens (including phenoxy) is 1. The highest BCUT2D eigenvalue weighted by Crippen LogP contribution is 2.45. The van der Waals surface area contributed by atoms with Crippen LogP contribution in [0.4, 0.5) is 0 Å². The second kappa shape index (κ2) is 5.38. The van der Waals surface area contributed by atoms with E-state index in [1.165, 1.54) is 7.11 Å². The Hall–Kier alpha value is -2.81. The number of nitrogens with zero attached hydrogens (tertiary/aromatic N) is 2. The standard InChI is InChI=1S/C18H17N3O3/c1-24-18(23)10-5-12-11-3-2-4-14-17(11)13(15(8-22)20-14)6-16(12)21(7-10)9-19/h2-4,8,10,12,16,20H,5-7H2,1H3/t10-,12-,16-/m1/s1. The van der Waals surface area contributed by atoms with Crippen molar-refractivity contribution in [2.24, 2.45) is 5.92 Å². The fourth-order valence-electron chi connectivity index (χ4n) is 4.36. The number of benzene rings is 1. The number of hydrogen-bond acceptors (Lipinski definition) is 5. The van der Waals surface area contributed by atoms with Crippen molar-refractivity contribution < 1.29 is 14.3 Å². The van der Waals surface area contributed by atoms with Crippen LogP contribution in [0.5, 0.6) is 0 Å². The number of carbonyl (C=O) groups excluding carboxylic acids is 2. The quantitative estimate of drug-likeness (QED) is 0.519. The Labute approximate surface area is 139 Å². The maximum atomic E-state index is 12.0. The molecule has 0 unspecified atom stereocenters. The summed E-state index contributed by atoms with van der Waals surface area (Å²) in [4.78, 5) is 28.3. The Balaban J connectivity index is 1.86. The number of aldehydes is 1. The van der Waals surface area contributed by atoms with Crippen molar-refractivity contribution in [2.45, 2.75) is 24.8 Å². The van der Waals surface area contributed by atoms with Crippen LogP contribution in [0.1, 0.15) is 34.0 Å². The lowest BCUT2D eigenvalue weighted by Gasteiger charge is -2.43. The van der Waals surface area contributed by atoms with Crippen LogP contribution in [0.25, 0.3) is 10.9 Å². The molecule has 0 amide bonds. The van der Waals surface area contributed by atoms with Crippen molar-refractivity contribution >= 4 is 23.2 Å². The van der Waals surface area contributed by atoms with E-state index in [0.717, 1.165) is 28.3 Å². The number of nitrogens with one attached hydrogen (secondary N) is 1. The molecule has 0 saturated carbocycles. The van der Waals surface area contributed by atoms with Gasteiger partial charge < -0.3 is 14.6 Å². The number of piperidine rings is 1. The number of carbonyl (C=O) groups is 2. The van der Waals surface area contributed by atoms with Crippen molar-refractivity contribution in [2.75, 3.05) is 13.7 Å². The highest BCUT2D eigenvalue weighted by Gasteiger charge is 2.43. The predicted octanol–water partition coefficient (Wildman–Crippen LogP) is 1.96. The van der Waals surface area contributed by atoms with E-state index < -0.39 is 0 Å². The SMILES string of the molecule is COC(=O)[C@@H]1C[C@@H]2c3cccc4[nH]c(C=O)c(c34)C[C@H]2N(C#N)C1. The topological polar surface area (TPSA) is 86.2 Å². The zero-order valence-electron chi connectivity index (χ0n) is 13.3. The first-order valence-corrected chi connectivity index (χ1v) is 8.00. The summed E-state index contributed by atoms with van der Waals surface area (Å²) in [5, 5.41) is 10.6. The summed E-state index contributed by atoms with van der Waals surface area (Å²) >= 11 is 0.